The van der Waals surface area contributed by atoms with Crippen molar-refractivity contribution in [2.75, 3.05) is 18.0 Å². The van der Waals surface area contributed by atoms with Crippen LogP contribution in [-0.4, -0.2) is 27.6 Å². The van der Waals surface area contributed by atoms with Gasteiger partial charge in [-0.1, -0.05) is 30.3 Å². The van der Waals surface area contributed by atoms with E-state index >= 15 is 0 Å². The summed E-state index contributed by atoms with van der Waals surface area (Å²) in [6.07, 6.45) is 5.32. The molecule has 5 heteroatoms. The number of benzene rings is 1. The van der Waals surface area contributed by atoms with E-state index in [9.17, 15) is 4.79 Å². The van der Waals surface area contributed by atoms with Crippen LogP contribution >= 0.6 is 0 Å². The number of fused-ring (bicyclic) bond motifs is 1. The summed E-state index contributed by atoms with van der Waals surface area (Å²) in [4.78, 5) is 22.2. The molecule has 4 rings (SSSR count). The first-order chi connectivity index (χ1) is 11.3. The maximum absolute atomic E-state index is 12.4. The third kappa shape index (κ3) is 2.63. The number of rotatable bonds is 3. The molecule has 0 atom stereocenters. The molecule has 3 heterocycles. The minimum atomic E-state index is -0.0748. The Morgan fingerprint density at radius 2 is 1.83 bits per heavy atom. The van der Waals surface area contributed by atoms with Gasteiger partial charge in [-0.25, -0.2) is 4.98 Å². The molecule has 0 spiro atoms. The minimum Gasteiger partial charge on any atom is -0.342 e. The van der Waals surface area contributed by atoms with Gasteiger partial charge in [-0.3, -0.25) is 4.79 Å². The summed E-state index contributed by atoms with van der Waals surface area (Å²) in [5.74, 6) is 0.917. The number of hydrogen-bond acceptors (Lipinski definition) is 3. The van der Waals surface area contributed by atoms with E-state index in [4.69, 9.17) is 4.98 Å². The van der Waals surface area contributed by atoms with Crippen LogP contribution in [0, 0.1) is 0 Å². The lowest BCUT2D eigenvalue weighted by atomic mass is 10.1. The first kappa shape index (κ1) is 14.1. The molecule has 0 saturated carbocycles. The molecule has 0 amide bonds. The van der Waals surface area contributed by atoms with Crippen molar-refractivity contribution in [2.24, 2.45) is 0 Å². The van der Waals surface area contributed by atoms with Crippen LogP contribution < -0.4 is 10.5 Å². The van der Waals surface area contributed by atoms with Crippen LogP contribution in [0.15, 0.2) is 47.4 Å². The molecular formula is C18H20N4O. The summed E-state index contributed by atoms with van der Waals surface area (Å²) in [5, 5.41) is 0. The van der Waals surface area contributed by atoms with Crippen molar-refractivity contribution in [3.8, 4) is 0 Å². The second-order valence-corrected chi connectivity index (χ2v) is 6.07. The second kappa shape index (κ2) is 5.91. The molecule has 118 valence electrons. The predicted octanol–water partition coefficient (Wildman–Crippen LogP) is 2.76. The van der Waals surface area contributed by atoms with Crippen LogP contribution in [0.5, 0.6) is 0 Å². The fourth-order valence-electron chi connectivity index (χ4n) is 3.33. The Morgan fingerprint density at radius 3 is 2.61 bits per heavy atom. The van der Waals surface area contributed by atoms with Crippen LogP contribution in [0.25, 0.3) is 11.0 Å². The van der Waals surface area contributed by atoms with E-state index in [1.807, 2.05) is 24.3 Å². The summed E-state index contributed by atoms with van der Waals surface area (Å²) in [5.41, 5.74) is 2.53. The molecule has 1 N–H and O–H groups in total. The van der Waals surface area contributed by atoms with Gasteiger partial charge in [-0.05, 0) is 30.9 Å². The van der Waals surface area contributed by atoms with Crippen molar-refractivity contribution in [1.82, 2.24) is 14.5 Å². The van der Waals surface area contributed by atoms with Crippen molar-refractivity contribution >= 4 is 17.0 Å². The number of H-pyrrole nitrogens is 1. The minimum absolute atomic E-state index is 0.0748. The highest BCUT2D eigenvalue weighted by molar-refractivity contribution is 5.77. The summed E-state index contributed by atoms with van der Waals surface area (Å²) >= 11 is 0. The number of anilines is 1. The average molecular weight is 308 g/mol. The van der Waals surface area contributed by atoms with Gasteiger partial charge >= 0.3 is 0 Å². The van der Waals surface area contributed by atoms with Gasteiger partial charge in [0.05, 0.1) is 12.1 Å². The number of aromatic nitrogens is 3. The molecule has 1 aromatic carbocycles. The van der Waals surface area contributed by atoms with Crippen LogP contribution in [0.4, 0.5) is 5.95 Å². The Hall–Kier alpha value is -2.56. The van der Waals surface area contributed by atoms with Gasteiger partial charge < -0.3 is 14.5 Å². The lowest BCUT2D eigenvalue weighted by Gasteiger charge is -2.28. The van der Waals surface area contributed by atoms with Gasteiger partial charge in [0.1, 0.15) is 5.52 Å². The SMILES string of the molecule is O=c1[nH]ccc2nc(N3CCCCC3)n(Cc3ccccc3)c12. The lowest BCUT2D eigenvalue weighted by molar-refractivity contribution is 0.560. The highest BCUT2D eigenvalue weighted by Crippen LogP contribution is 2.24. The standard InChI is InChI=1S/C18H20N4O/c23-17-16-15(9-10-19-17)20-18(21-11-5-2-6-12-21)22(16)13-14-7-3-1-4-8-14/h1,3-4,7-10H,2,5-6,11-13H2,(H,19,23). The number of nitrogens with one attached hydrogen (secondary N) is 1. The number of imidazole rings is 1. The third-order valence-corrected chi connectivity index (χ3v) is 4.47. The van der Waals surface area contributed by atoms with Gasteiger partial charge in [0.25, 0.3) is 5.56 Å². The van der Waals surface area contributed by atoms with Crippen molar-refractivity contribution in [3.05, 3.63) is 58.5 Å². The van der Waals surface area contributed by atoms with E-state index in [1.165, 1.54) is 24.8 Å². The Balaban J connectivity index is 1.85. The highest BCUT2D eigenvalue weighted by Gasteiger charge is 2.20. The summed E-state index contributed by atoms with van der Waals surface area (Å²) in [6.45, 7) is 2.68. The molecule has 1 aliphatic rings. The van der Waals surface area contributed by atoms with Gasteiger partial charge in [-0.2, -0.15) is 0 Å². The number of piperidine rings is 1. The van der Waals surface area contributed by atoms with E-state index in [0.29, 0.717) is 12.1 Å². The zero-order chi connectivity index (χ0) is 15.6. The Morgan fingerprint density at radius 1 is 1.04 bits per heavy atom. The van der Waals surface area contributed by atoms with E-state index in [-0.39, 0.29) is 5.56 Å². The quantitative estimate of drug-likeness (QED) is 0.809. The molecule has 1 saturated heterocycles. The van der Waals surface area contributed by atoms with Crippen LogP contribution in [0.2, 0.25) is 0 Å². The number of nitrogens with zero attached hydrogens (tertiary/aromatic N) is 3. The molecule has 0 radical (unpaired) electrons. The first-order valence-electron chi connectivity index (χ1n) is 8.20. The van der Waals surface area contributed by atoms with Crippen LogP contribution in [-0.2, 0) is 6.54 Å². The Bertz CT molecular complexity index is 860. The summed E-state index contributed by atoms with van der Waals surface area (Å²) in [6, 6.07) is 12.1. The van der Waals surface area contributed by atoms with E-state index in [1.54, 1.807) is 6.20 Å². The van der Waals surface area contributed by atoms with Gasteiger partial charge in [0.2, 0.25) is 5.95 Å². The highest BCUT2D eigenvalue weighted by atomic mass is 16.1. The molecule has 5 nitrogen and oxygen atoms in total. The van der Waals surface area contributed by atoms with E-state index < -0.39 is 0 Å². The number of hydrogen-bond donors (Lipinski definition) is 1. The molecule has 0 aliphatic carbocycles. The maximum Gasteiger partial charge on any atom is 0.274 e. The predicted molar refractivity (Wildman–Crippen MR) is 92.0 cm³/mol. The van der Waals surface area contributed by atoms with E-state index in [0.717, 1.165) is 24.6 Å². The number of aromatic amines is 1. The zero-order valence-electron chi connectivity index (χ0n) is 13.0. The normalized spacial score (nSPS) is 15.2. The largest absolute Gasteiger partial charge is 0.342 e. The topological polar surface area (TPSA) is 53.9 Å². The molecule has 23 heavy (non-hydrogen) atoms. The molecule has 3 aromatic rings. The maximum atomic E-state index is 12.4. The molecule has 2 aromatic heterocycles. The van der Waals surface area contributed by atoms with Crippen LogP contribution in [0.3, 0.4) is 0 Å². The average Bonchev–Trinajstić information content (AvgIpc) is 2.96. The fourth-order valence-corrected chi connectivity index (χ4v) is 3.33. The van der Waals surface area contributed by atoms with Crippen molar-refractivity contribution in [2.45, 2.75) is 25.8 Å². The third-order valence-electron chi connectivity index (χ3n) is 4.47. The smallest absolute Gasteiger partial charge is 0.274 e. The Kier molecular flexibility index (Phi) is 3.61. The molecule has 0 unspecified atom stereocenters. The van der Waals surface area contributed by atoms with E-state index in [2.05, 4.69) is 26.6 Å². The summed E-state index contributed by atoms with van der Waals surface area (Å²) in [7, 11) is 0. The van der Waals surface area contributed by atoms with Gasteiger partial charge in [0, 0.05) is 19.3 Å². The lowest BCUT2D eigenvalue weighted by Crippen LogP contribution is -2.32. The second-order valence-electron chi connectivity index (χ2n) is 6.07. The van der Waals surface area contributed by atoms with Crippen molar-refractivity contribution < 1.29 is 0 Å². The van der Waals surface area contributed by atoms with Crippen LogP contribution in [0.1, 0.15) is 24.8 Å². The monoisotopic (exact) mass is 308 g/mol. The molecule has 1 aliphatic heterocycles. The number of pyridine rings is 1. The zero-order valence-corrected chi connectivity index (χ0v) is 13.0. The first-order valence-corrected chi connectivity index (χ1v) is 8.20. The fraction of sp³-hybridized carbons (Fsp3) is 0.333. The van der Waals surface area contributed by atoms with Crippen molar-refractivity contribution in [1.29, 1.82) is 0 Å². The molecule has 0 bridgehead atoms. The van der Waals surface area contributed by atoms with Crippen molar-refractivity contribution in [3.63, 3.8) is 0 Å². The Labute approximate surface area is 134 Å². The van der Waals surface area contributed by atoms with Gasteiger partial charge in [-0.15, -0.1) is 0 Å². The summed E-state index contributed by atoms with van der Waals surface area (Å²) < 4.78 is 2.06. The molecular weight excluding hydrogens is 288 g/mol. The van der Waals surface area contributed by atoms with Gasteiger partial charge in [0.15, 0.2) is 0 Å². The molecule has 1 fully saturated rings.